The largest absolute Gasteiger partial charge is 0.198 e. The van der Waals surface area contributed by atoms with Gasteiger partial charge >= 0.3 is 0 Å². The highest BCUT2D eigenvalue weighted by atomic mass is 32.1. The molecule has 0 saturated heterocycles. The smallest absolute Gasteiger partial charge is 0.0669 e. The van der Waals surface area contributed by atoms with Crippen molar-refractivity contribution in [3.05, 3.63) is 34.2 Å². The van der Waals surface area contributed by atoms with Crippen molar-refractivity contribution >= 4 is 21.4 Å². The maximum Gasteiger partial charge on any atom is 0.0669 e. The number of thiophene rings is 1. The number of fused-ring (bicyclic) bond motifs is 1. The number of hydrogen-bond donors (Lipinski definition) is 0. The van der Waals surface area contributed by atoms with Gasteiger partial charge in [-0.05, 0) is 42.5 Å². The second-order valence-corrected chi connectivity index (χ2v) is 4.82. The summed E-state index contributed by atoms with van der Waals surface area (Å²) in [5.41, 5.74) is 2.40. The lowest BCUT2D eigenvalue weighted by molar-refractivity contribution is 1.27. The van der Waals surface area contributed by atoms with Gasteiger partial charge < -0.3 is 0 Å². The topological polar surface area (TPSA) is 23.8 Å². The normalized spacial score (nSPS) is 10.4. The fourth-order valence-corrected chi connectivity index (χ4v) is 2.79. The molecule has 0 aliphatic rings. The molecule has 0 atom stereocenters. The zero-order valence-corrected chi connectivity index (χ0v) is 9.11. The Morgan fingerprint density at radius 1 is 1.29 bits per heavy atom. The van der Waals surface area contributed by atoms with Gasteiger partial charge in [0, 0.05) is 9.58 Å². The van der Waals surface area contributed by atoms with Crippen LogP contribution in [0.5, 0.6) is 0 Å². The molecule has 0 unspecified atom stereocenters. The molecular weight excluding hydrogens is 190 g/mol. The van der Waals surface area contributed by atoms with Crippen molar-refractivity contribution in [1.82, 2.24) is 0 Å². The second-order valence-electron chi connectivity index (χ2n) is 3.53. The quantitative estimate of drug-likeness (QED) is 0.691. The second kappa shape index (κ2) is 3.43. The Morgan fingerprint density at radius 2 is 2.07 bits per heavy atom. The van der Waals surface area contributed by atoms with Gasteiger partial charge in [0.2, 0.25) is 0 Å². The predicted octanol–water partition coefficient (Wildman–Crippen LogP) is 3.58. The highest BCUT2D eigenvalue weighted by Crippen LogP contribution is 2.29. The summed E-state index contributed by atoms with van der Waals surface area (Å²) in [6.07, 6.45) is 0.508. The molecule has 0 N–H and O–H groups in total. The Balaban J connectivity index is 2.74. The SMILES string of the molecule is Cc1cc(CC#N)c2cc(C)sc2c1. The van der Waals surface area contributed by atoms with Crippen LogP contribution < -0.4 is 0 Å². The number of benzene rings is 1. The van der Waals surface area contributed by atoms with Crippen LogP contribution in [0.4, 0.5) is 0 Å². The predicted molar refractivity (Wildman–Crippen MR) is 60.6 cm³/mol. The summed E-state index contributed by atoms with van der Waals surface area (Å²) >= 11 is 1.80. The van der Waals surface area contributed by atoms with Crippen molar-refractivity contribution in [2.45, 2.75) is 20.3 Å². The van der Waals surface area contributed by atoms with Crippen LogP contribution in [-0.2, 0) is 6.42 Å². The van der Waals surface area contributed by atoms with Gasteiger partial charge in [0.15, 0.2) is 0 Å². The van der Waals surface area contributed by atoms with Crippen LogP contribution >= 0.6 is 11.3 Å². The Morgan fingerprint density at radius 3 is 2.79 bits per heavy atom. The minimum absolute atomic E-state index is 0.508. The molecule has 0 spiro atoms. The summed E-state index contributed by atoms with van der Waals surface area (Å²) in [7, 11) is 0. The lowest BCUT2D eigenvalue weighted by Crippen LogP contribution is -1.83. The molecule has 2 heteroatoms. The van der Waals surface area contributed by atoms with Crippen LogP contribution in [0.25, 0.3) is 10.1 Å². The van der Waals surface area contributed by atoms with Crippen LogP contribution in [0, 0.1) is 25.2 Å². The monoisotopic (exact) mass is 201 g/mol. The van der Waals surface area contributed by atoms with Crippen LogP contribution in [0.15, 0.2) is 18.2 Å². The van der Waals surface area contributed by atoms with E-state index in [2.05, 4.69) is 38.1 Å². The van der Waals surface area contributed by atoms with E-state index in [9.17, 15) is 0 Å². The third-order valence-electron chi connectivity index (χ3n) is 2.26. The van der Waals surface area contributed by atoms with E-state index < -0.39 is 0 Å². The minimum Gasteiger partial charge on any atom is -0.198 e. The third-order valence-corrected chi connectivity index (χ3v) is 3.26. The zero-order valence-electron chi connectivity index (χ0n) is 8.29. The Labute approximate surface area is 87.6 Å². The van der Waals surface area contributed by atoms with Gasteiger partial charge in [-0.15, -0.1) is 11.3 Å². The molecule has 0 saturated carbocycles. The zero-order chi connectivity index (χ0) is 10.1. The first-order valence-electron chi connectivity index (χ1n) is 4.57. The molecule has 1 heterocycles. The molecular formula is C12H11NS. The van der Waals surface area contributed by atoms with Crippen molar-refractivity contribution in [2.24, 2.45) is 0 Å². The van der Waals surface area contributed by atoms with Crippen LogP contribution in [0.3, 0.4) is 0 Å². The van der Waals surface area contributed by atoms with Gasteiger partial charge in [-0.1, -0.05) is 6.07 Å². The lowest BCUT2D eigenvalue weighted by atomic mass is 10.0. The van der Waals surface area contributed by atoms with Crippen molar-refractivity contribution < 1.29 is 0 Å². The van der Waals surface area contributed by atoms with Gasteiger partial charge in [-0.3, -0.25) is 0 Å². The van der Waals surface area contributed by atoms with Crippen molar-refractivity contribution in [1.29, 1.82) is 5.26 Å². The van der Waals surface area contributed by atoms with E-state index in [1.165, 1.54) is 20.5 Å². The summed E-state index contributed by atoms with van der Waals surface area (Å²) in [6.45, 7) is 4.19. The van der Waals surface area contributed by atoms with E-state index in [4.69, 9.17) is 5.26 Å². The fourth-order valence-electron chi connectivity index (χ4n) is 1.72. The maximum atomic E-state index is 8.73. The highest BCUT2D eigenvalue weighted by Gasteiger charge is 2.04. The number of hydrogen-bond acceptors (Lipinski definition) is 2. The number of nitriles is 1. The van der Waals surface area contributed by atoms with E-state index in [0.717, 1.165) is 5.56 Å². The first-order chi connectivity index (χ1) is 6.70. The Hall–Kier alpha value is -1.33. The lowest BCUT2D eigenvalue weighted by Gasteiger charge is -1.99. The van der Waals surface area contributed by atoms with E-state index in [1.807, 2.05) is 0 Å². The van der Waals surface area contributed by atoms with Gasteiger partial charge in [0.1, 0.15) is 0 Å². The van der Waals surface area contributed by atoms with E-state index in [0.29, 0.717) is 6.42 Å². The van der Waals surface area contributed by atoms with Crippen molar-refractivity contribution in [2.75, 3.05) is 0 Å². The molecule has 1 aromatic heterocycles. The number of rotatable bonds is 1. The molecule has 1 nitrogen and oxygen atoms in total. The standard InChI is InChI=1S/C12H11NS/c1-8-5-10(3-4-13)11-7-9(2)14-12(11)6-8/h5-7H,3H2,1-2H3. The first kappa shape index (κ1) is 9.23. The highest BCUT2D eigenvalue weighted by molar-refractivity contribution is 7.19. The Bertz CT molecular complexity index is 517. The maximum absolute atomic E-state index is 8.73. The van der Waals surface area contributed by atoms with Crippen LogP contribution in [-0.4, -0.2) is 0 Å². The van der Waals surface area contributed by atoms with E-state index in [-0.39, 0.29) is 0 Å². The molecule has 1 aromatic carbocycles. The van der Waals surface area contributed by atoms with Gasteiger partial charge in [0.25, 0.3) is 0 Å². The molecule has 70 valence electrons. The average molecular weight is 201 g/mol. The molecule has 2 aromatic rings. The van der Waals surface area contributed by atoms with E-state index in [1.54, 1.807) is 11.3 Å². The van der Waals surface area contributed by atoms with Crippen molar-refractivity contribution in [3.63, 3.8) is 0 Å². The van der Waals surface area contributed by atoms with Gasteiger partial charge in [-0.25, -0.2) is 0 Å². The summed E-state index contributed by atoms with van der Waals surface area (Å²) in [4.78, 5) is 1.31. The molecule has 0 aliphatic heterocycles. The first-order valence-corrected chi connectivity index (χ1v) is 5.39. The average Bonchev–Trinajstić information content (AvgIpc) is 2.45. The Kier molecular flexibility index (Phi) is 2.26. The molecule has 0 amide bonds. The minimum atomic E-state index is 0.508. The molecule has 0 aliphatic carbocycles. The molecule has 0 bridgehead atoms. The fraction of sp³-hybridized carbons (Fsp3) is 0.250. The van der Waals surface area contributed by atoms with Crippen LogP contribution in [0.1, 0.15) is 16.0 Å². The molecule has 14 heavy (non-hydrogen) atoms. The van der Waals surface area contributed by atoms with Crippen molar-refractivity contribution in [3.8, 4) is 6.07 Å². The molecule has 0 fully saturated rings. The summed E-state index contributed by atoms with van der Waals surface area (Å²) in [6, 6.07) is 8.69. The summed E-state index contributed by atoms with van der Waals surface area (Å²) in [5, 5.41) is 9.98. The third kappa shape index (κ3) is 1.51. The number of nitrogens with zero attached hydrogens (tertiary/aromatic N) is 1. The molecule has 2 rings (SSSR count). The van der Waals surface area contributed by atoms with Gasteiger partial charge in [0.05, 0.1) is 12.5 Å². The summed E-state index contributed by atoms with van der Waals surface area (Å²) < 4.78 is 1.30. The number of aryl methyl sites for hydroxylation is 2. The van der Waals surface area contributed by atoms with Gasteiger partial charge in [-0.2, -0.15) is 5.26 Å². The van der Waals surface area contributed by atoms with E-state index >= 15 is 0 Å². The summed E-state index contributed by atoms with van der Waals surface area (Å²) in [5.74, 6) is 0. The molecule has 0 radical (unpaired) electrons. The van der Waals surface area contributed by atoms with Crippen LogP contribution in [0.2, 0.25) is 0 Å².